The van der Waals surface area contributed by atoms with E-state index in [1.807, 2.05) is 0 Å². The summed E-state index contributed by atoms with van der Waals surface area (Å²) in [5.74, 6) is 1.53. The molecule has 2 aliphatic rings. The highest BCUT2D eigenvalue weighted by Gasteiger charge is 2.35. The molecule has 0 spiro atoms. The van der Waals surface area contributed by atoms with Gasteiger partial charge < -0.3 is 20.1 Å². The number of carbonyl (C=O) groups excluding carboxylic acids is 2. The summed E-state index contributed by atoms with van der Waals surface area (Å²) in [6.07, 6.45) is 4.44. The molecular weight excluding hydrogens is 350 g/mol. The second-order valence-electron chi connectivity index (χ2n) is 6.90. The van der Waals surface area contributed by atoms with Crippen molar-refractivity contribution in [2.75, 3.05) is 29.1 Å². The van der Waals surface area contributed by atoms with Gasteiger partial charge in [-0.15, -0.1) is 0 Å². The molecule has 0 aromatic carbocycles. The largest absolute Gasteiger partial charge is 0.367 e. The number of nitrogens with zero attached hydrogens (tertiary/aromatic N) is 5. The molecule has 2 fully saturated rings. The Balaban J connectivity index is 1.34. The third kappa shape index (κ3) is 3.55. The van der Waals surface area contributed by atoms with Crippen molar-refractivity contribution in [2.45, 2.75) is 38.3 Å². The van der Waals surface area contributed by atoms with E-state index in [-0.39, 0.29) is 30.6 Å². The van der Waals surface area contributed by atoms with Gasteiger partial charge >= 0.3 is 6.03 Å². The van der Waals surface area contributed by atoms with Crippen molar-refractivity contribution < 1.29 is 14.1 Å². The summed E-state index contributed by atoms with van der Waals surface area (Å²) in [5.41, 5.74) is 0.485. The maximum Gasteiger partial charge on any atom is 0.331 e. The van der Waals surface area contributed by atoms with Crippen LogP contribution in [0.2, 0.25) is 0 Å². The molecule has 1 saturated heterocycles. The van der Waals surface area contributed by atoms with Crippen LogP contribution in [0.5, 0.6) is 0 Å². The van der Waals surface area contributed by atoms with Gasteiger partial charge in [0.1, 0.15) is 12.4 Å². The third-order valence-corrected chi connectivity index (χ3v) is 4.79. The second-order valence-corrected chi connectivity index (χ2v) is 6.90. The minimum atomic E-state index is -0.330. The van der Waals surface area contributed by atoms with E-state index in [1.165, 1.54) is 4.90 Å². The Hall–Kier alpha value is -3.17. The van der Waals surface area contributed by atoms with Crippen LogP contribution < -0.4 is 15.5 Å². The molecular formula is C17H21N7O3. The molecule has 142 valence electrons. The van der Waals surface area contributed by atoms with Crippen molar-refractivity contribution in [2.24, 2.45) is 0 Å². The molecule has 2 aromatic rings. The van der Waals surface area contributed by atoms with E-state index in [0.717, 1.165) is 24.2 Å². The highest BCUT2D eigenvalue weighted by Crippen LogP contribution is 2.26. The zero-order valence-corrected chi connectivity index (χ0v) is 15.2. The first-order chi connectivity index (χ1) is 13.0. The number of rotatable bonds is 5. The molecule has 10 heteroatoms. The smallest absolute Gasteiger partial charge is 0.331 e. The lowest BCUT2D eigenvalue weighted by Crippen LogP contribution is -2.31. The van der Waals surface area contributed by atoms with Gasteiger partial charge in [0.25, 0.3) is 11.9 Å². The first-order valence-corrected chi connectivity index (χ1v) is 8.87. The van der Waals surface area contributed by atoms with E-state index in [9.17, 15) is 9.59 Å². The van der Waals surface area contributed by atoms with E-state index in [1.54, 1.807) is 32.3 Å². The molecule has 0 radical (unpaired) electrons. The highest BCUT2D eigenvalue weighted by molar-refractivity contribution is 6.19. The Kier molecular flexibility index (Phi) is 4.38. The van der Waals surface area contributed by atoms with Crippen LogP contribution in [0.3, 0.4) is 0 Å². The molecule has 2 N–H and O–H groups in total. The Morgan fingerprint density at radius 1 is 1.19 bits per heavy atom. The first kappa shape index (κ1) is 17.3. The molecule has 4 rings (SSSR count). The van der Waals surface area contributed by atoms with Crippen molar-refractivity contribution in [1.82, 2.24) is 20.0 Å². The molecule has 10 nitrogen and oxygen atoms in total. The predicted octanol–water partition coefficient (Wildman–Crippen LogP) is 1.62. The number of carbonyl (C=O) groups is 2. The molecule has 0 unspecified atom stereocenters. The Bertz CT molecular complexity index is 850. The summed E-state index contributed by atoms with van der Waals surface area (Å²) in [6, 6.07) is 3.74. The van der Waals surface area contributed by atoms with Gasteiger partial charge in [-0.05, 0) is 36.6 Å². The van der Waals surface area contributed by atoms with E-state index in [4.69, 9.17) is 4.52 Å². The number of aryl methyl sites for hydroxylation is 1. The van der Waals surface area contributed by atoms with Crippen LogP contribution in [0.4, 0.5) is 22.2 Å². The molecule has 0 bridgehead atoms. The van der Waals surface area contributed by atoms with Gasteiger partial charge in [0.15, 0.2) is 0 Å². The van der Waals surface area contributed by atoms with E-state index >= 15 is 0 Å². The SMILES string of the molecule is Cc1nc(N[C@H]2CC[C@H](Nc3ccc(N4C(=O)CN(C)C4=O)cn3)C2)no1. The number of hydrogen-bond acceptors (Lipinski definition) is 8. The number of pyridine rings is 1. The van der Waals surface area contributed by atoms with Gasteiger partial charge in [0, 0.05) is 26.1 Å². The van der Waals surface area contributed by atoms with Crippen LogP contribution in [0.15, 0.2) is 22.9 Å². The zero-order chi connectivity index (χ0) is 19.0. The number of nitrogens with one attached hydrogen (secondary N) is 2. The number of likely N-dealkylation sites (N-methyl/N-ethyl adjacent to an activating group) is 1. The lowest BCUT2D eigenvalue weighted by atomic mass is 10.2. The van der Waals surface area contributed by atoms with Gasteiger partial charge in [0.05, 0.1) is 11.9 Å². The van der Waals surface area contributed by atoms with Crippen molar-refractivity contribution >= 4 is 29.4 Å². The third-order valence-electron chi connectivity index (χ3n) is 4.79. The maximum absolute atomic E-state index is 12.0. The number of urea groups is 1. The topological polar surface area (TPSA) is 116 Å². The summed E-state index contributed by atoms with van der Waals surface area (Å²) in [7, 11) is 1.60. The van der Waals surface area contributed by atoms with Crippen molar-refractivity contribution in [1.29, 1.82) is 0 Å². The molecule has 1 saturated carbocycles. The normalized spacial score (nSPS) is 22.6. The fourth-order valence-corrected chi connectivity index (χ4v) is 3.47. The zero-order valence-electron chi connectivity index (χ0n) is 15.2. The van der Waals surface area contributed by atoms with Crippen LogP contribution in [0.1, 0.15) is 25.2 Å². The number of anilines is 3. The summed E-state index contributed by atoms with van der Waals surface area (Å²) in [6.45, 7) is 1.85. The van der Waals surface area contributed by atoms with Crippen LogP contribution in [0, 0.1) is 6.92 Å². The molecule has 27 heavy (non-hydrogen) atoms. The minimum Gasteiger partial charge on any atom is -0.367 e. The lowest BCUT2D eigenvalue weighted by Gasteiger charge is -2.16. The summed E-state index contributed by atoms with van der Waals surface area (Å²) < 4.78 is 4.97. The quantitative estimate of drug-likeness (QED) is 0.762. The fraction of sp³-hybridized carbons (Fsp3) is 0.471. The average molecular weight is 371 g/mol. The Morgan fingerprint density at radius 2 is 1.96 bits per heavy atom. The number of aromatic nitrogens is 3. The molecule has 1 aliphatic carbocycles. The molecule has 1 aliphatic heterocycles. The molecule has 3 amide bonds. The van der Waals surface area contributed by atoms with Crippen LogP contribution in [-0.2, 0) is 4.79 Å². The standard InChI is InChI=1S/C17H21N7O3/c1-10-19-16(22-27-10)21-12-4-3-11(7-12)20-14-6-5-13(8-18-14)24-15(25)9-23(2)17(24)26/h5-6,8,11-12H,3-4,7,9H2,1-2H3,(H,18,20)(H,21,22)/t11-,12-/m0/s1. The van der Waals surface area contributed by atoms with Gasteiger partial charge in [-0.2, -0.15) is 4.98 Å². The van der Waals surface area contributed by atoms with Gasteiger partial charge in [0.2, 0.25) is 5.89 Å². The predicted molar refractivity (Wildman–Crippen MR) is 97.5 cm³/mol. The Morgan fingerprint density at radius 3 is 2.56 bits per heavy atom. The second kappa shape index (κ2) is 6.86. The lowest BCUT2D eigenvalue weighted by molar-refractivity contribution is -0.116. The van der Waals surface area contributed by atoms with E-state index in [2.05, 4.69) is 25.8 Å². The molecule has 3 heterocycles. The number of hydrogen-bond donors (Lipinski definition) is 2. The van der Waals surface area contributed by atoms with Crippen LogP contribution in [-0.4, -0.2) is 57.6 Å². The van der Waals surface area contributed by atoms with Gasteiger partial charge in [-0.25, -0.2) is 14.7 Å². The Labute approximate surface area is 155 Å². The molecule has 2 aromatic heterocycles. The van der Waals surface area contributed by atoms with Gasteiger partial charge in [-0.3, -0.25) is 4.79 Å². The fourth-order valence-electron chi connectivity index (χ4n) is 3.47. The molecule has 2 atom stereocenters. The summed E-state index contributed by atoms with van der Waals surface area (Å²) in [5, 5.41) is 10.5. The van der Waals surface area contributed by atoms with E-state index in [0.29, 0.717) is 23.3 Å². The van der Waals surface area contributed by atoms with Crippen molar-refractivity contribution in [3.05, 3.63) is 24.2 Å². The summed E-state index contributed by atoms with van der Waals surface area (Å²) in [4.78, 5) is 35.0. The minimum absolute atomic E-state index is 0.0925. The van der Waals surface area contributed by atoms with E-state index < -0.39 is 0 Å². The van der Waals surface area contributed by atoms with Crippen molar-refractivity contribution in [3.8, 4) is 0 Å². The number of imide groups is 1. The first-order valence-electron chi connectivity index (χ1n) is 8.87. The monoisotopic (exact) mass is 371 g/mol. The van der Waals surface area contributed by atoms with Crippen LogP contribution in [0.25, 0.3) is 0 Å². The van der Waals surface area contributed by atoms with Crippen molar-refractivity contribution in [3.63, 3.8) is 0 Å². The summed E-state index contributed by atoms with van der Waals surface area (Å²) >= 11 is 0. The maximum atomic E-state index is 12.0. The number of amides is 3. The highest BCUT2D eigenvalue weighted by atomic mass is 16.5. The average Bonchev–Trinajstić information content (AvgIpc) is 3.31. The van der Waals surface area contributed by atoms with Gasteiger partial charge in [-0.1, -0.05) is 0 Å². The van der Waals surface area contributed by atoms with Crippen LogP contribution >= 0.6 is 0 Å².